The zero-order chi connectivity index (χ0) is 11.6. The van der Waals surface area contributed by atoms with Crippen LogP contribution >= 0.6 is 0 Å². The highest BCUT2D eigenvalue weighted by Crippen LogP contribution is 2.23. The fourth-order valence-corrected chi connectivity index (χ4v) is 1.30. The van der Waals surface area contributed by atoms with Crippen LogP contribution in [0.2, 0.25) is 0 Å². The minimum atomic E-state index is -0.795. The van der Waals surface area contributed by atoms with Gasteiger partial charge in [-0.2, -0.15) is 4.89 Å². The van der Waals surface area contributed by atoms with Gasteiger partial charge in [0.15, 0.2) is 0 Å². The minimum Gasteiger partial charge on any atom is -0.219 e. The minimum absolute atomic E-state index is 0.698. The van der Waals surface area contributed by atoms with Crippen LogP contribution in [0.5, 0.6) is 0 Å². The summed E-state index contributed by atoms with van der Waals surface area (Å²) in [5.41, 5.74) is -0.795. The molecule has 0 saturated heterocycles. The van der Waals surface area contributed by atoms with Crippen LogP contribution < -0.4 is 0 Å². The first-order valence-electron chi connectivity index (χ1n) is 5.17. The average Bonchev–Trinajstić information content (AvgIpc) is 2.29. The molecule has 0 rings (SSSR count). The van der Waals surface area contributed by atoms with Crippen LogP contribution in [0.25, 0.3) is 0 Å². The summed E-state index contributed by atoms with van der Waals surface area (Å²) in [5, 5.41) is 15.5. The average molecular weight is 216 g/mol. The topological polar surface area (TPSA) is 47.9 Å². The highest BCUT2D eigenvalue weighted by atomic mass is 17.6. The molecule has 0 saturated carbocycles. The maximum atomic E-state index is 8.01. The molecule has 0 bridgehead atoms. The van der Waals surface area contributed by atoms with Crippen LogP contribution in [0.3, 0.4) is 0 Å². The maximum Gasteiger partial charge on any atom is 0.142 e. The van der Waals surface area contributed by atoms with Crippen molar-refractivity contribution in [2.24, 2.45) is 0 Å². The van der Waals surface area contributed by atoms with Gasteiger partial charge in [0.05, 0.1) is 0 Å². The van der Waals surface area contributed by atoms with Crippen molar-refractivity contribution in [1.29, 1.82) is 0 Å². The molecule has 0 aromatic heterocycles. The van der Waals surface area contributed by atoms with Crippen molar-refractivity contribution in [2.75, 3.05) is 0 Å². The molecule has 1 N–H and O–H groups in total. The standard InChI is InChI=1S/C11H20O4/c1-4-7-8-9-10-11(5-2,6-3)13-15-14-12/h5-6,12H,2-4,7-10H2,1H3. The summed E-state index contributed by atoms with van der Waals surface area (Å²) in [6, 6.07) is 0. The van der Waals surface area contributed by atoms with Gasteiger partial charge in [0.1, 0.15) is 5.60 Å². The van der Waals surface area contributed by atoms with E-state index in [2.05, 4.69) is 30.2 Å². The molecule has 0 heterocycles. The highest BCUT2D eigenvalue weighted by Gasteiger charge is 2.25. The van der Waals surface area contributed by atoms with Gasteiger partial charge in [-0.3, -0.25) is 0 Å². The van der Waals surface area contributed by atoms with Gasteiger partial charge in [0, 0.05) is 0 Å². The van der Waals surface area contributed by atoms with Gasteiger partial charge in [0.2, 0.25) is 0 Å². The normalized spacial score (nSPS) is 11.3. The third-order valence-electron chi connectivity index (χ3n) is 2.33. The summed E-state index contributed by atoms with van der Waals surface area (Å²) in [4.78, 5) is 4.85. The lowest BCUT2D eigenvalue weighted by atomic mass is 9.96. The molecule has 15 heavy (non-hydrogen) atoms. The third kappa shape index (κ3) is 5.69. The number of hydrogen-bond donors (Lipinski definition) is 1. The first-order valence-corrected chi connectivity index (χ1v) is 5.17. The second-order valence-electron chi connectivity index (χ2n) is 3.40. The Hall–Kier alpha value is -0.680. The van der Waals surface area contributed by atoms with Gasteiger partial charge in [-0.25, -0.2) is 5.26 Å². The Morgan fingerprint density at radius 1 is 1.20 bits per heavy atom. The van der Waals surface area contributed by atoms with Gasteiger partial charge in [0.25, 0.3) is 0 Å². The predicted molar refractivity (Wildman–Crippen MR) is 57.8 cm³/mol. The lowest BCUT2D eigenvalue weighted by molar-refractivity contribution is -0.635. The van der Waals surface area contributed by atoms with Crippen LogP contribution in [0, 0.1) is 0 Å². The molecule has 0 aliphatic rings. The molecule has 0 aromatic carbocycles. The molecule has 0 amide bonds. The van der Waals surface area contributed by atoms with E-state index < -0.39 is 5.60 Å². The molecule has 0 spiro atoms. The number of hydrogen-bond acceptors (Lipinski definition) is 4. The van der Waals surface area contributed by atoms with Crippen molar-refractivity contribution < 1.29 is 20.2 Å². The Kier molecular flexibility index (Phi) is 8.22. The van der Waals surface area contributed by atoms with Crippen LogP contribution in [0.1, 0.15) is 39.0 Å². The first kappa shape index (κ1) is 14.3. The molecular formula is C11H20O4. The molecular weight excluding hydrogens is 196 g/mol. The van der Waals surface area contributed by atoms with Gasteiger partial charge >= 0.3 is 0 Å². The molecule has 4 nitrogen and oxygen atoms in total. The van der Waals surface area contributed by atoms with E-state index in [9.17, 15) is 0 Å². The smallest absolute Gasteiger partial charge is 0.142 e. The van der Waals surface area contributed by atoms with Crippen LogP contribution in [0.15, 0.2) is 25.3 Å². The summed E-state index contributed by atoms with van der Waals surface area (Å²) < 4.78 is 0. The van der Waals surface area contributed by atoms with Crippen molar-refractivity contribution in [2.45, 2.75) is 44.6 Å². The van der Waals surface area contributed by atoms with E-state index >= 15 is 0 Å². The Labute approximate surface area is 90.9 Å². The Morgan fingerprint density at radius 3 is 2.33 bits per heavy atom. The van der Waals surface area contributed by atoms with E-state index in [0.29, 0.717) is 6.42 Å². The molecule has 4 heteroatoms. The summed E-state index contributed by atoms with van der Waals surface area (Å²) in [6.45, 7) is 9.43. The first-order chi connectivity index (χ1) is 7.24. The largest absolute Gasteiger partial charge is 0.219 e. The van der Waals surface area contributed by atoms with Crippen molar-refractivity contribution in [3.05, 3.63) is 25.3 Å². The fraction of sp³-hybridized carbons (Fsp3) is 0.636. The van der Waals surface area contributed by atoms with E-state index in [1.165, 1.54) is 12.8 Å². The molecule has 0 radical (unpaired) electrons. The lowest BCUT2D eigenvalue weighted by Gasteiger charge is -2.23. The van der Waals surface area contributed by atoms with Crippen molar-refractivity contribution in [3.8, 4) is 0 Å². The SMILES string of the molecule is C=CC(C=C)(CCCCCC)OOOO. The number of rotatable bonds is 10. The second-order valence-corrected chi connectivity index (χ2v) is 3.40. The van der Waals surface area contributed by atoms with E-state index in [1.807, 2.05) is 0 Å². The maximum absolute atomic E-state index is 8.01. The molecule has 0 fully saturated rings. The van der Waals surface area contributed by atoms with E-state index in [4.69, 9.17) is 10.1 Å². The zero-order valence-corrected chi connectivity index (χ0v) is 9.28. The highest BCUT2D eigenvalue weighted by molar-refractivity contribution is 5.08. The van der Waals surface area contributed by atoms with Crippen molar-refractivity contribution >= 4 is 0 Å². The van der Waals surface area contributed by atoms with Crippen LogP contribution in [-0.4, -0.2) is 10.9 Å². The second kappa shape index (κ2) is 8.61. The van der Waals surface area contributed by atoms with Crippen molar-refractivity contribution in [1.82, 2.24) is 0 Å². The summed E-state index contributed by atoms with van der Waals surface area (Å²) in [5.74, 6) is 0. The third-order valence-corrected chi connectivity index (χ3v) is 2.33. The summed E-state index contributed by atoms with van der Waals surface area (Å²) in [7, 11) is 0. The number of unbranched alkanes of at least 4 members (excludes halogenated alkanes) is 3. The Morgan fingerprint density at radius 2 is 1.87 bits per heavy atom. The van der Waals surface area contributed by atoms with E-state index in [0.717, 1.165) is 12.8 Å². The zero-order valence-electron chi connectivity index (χ0n) is 9.28. The summed E-state index contributed by atoms with van der Waals surface area (Å²) >= 11 is 0. The molecule has 0 aliphatic carbocycles. The molecule has 0 aromatic rings. The monoisotopic (exact) mass is 216 g/mol. The molecule has 0 aliphatic heterocycles. The Bertz CT molecular complexity index is 171. The van der Waals surface area contributed by atoms with Crippen LogP contribution in [0.4, 0.5) is 0 Å². The molecule has 0 unspecified atom stereocenters. The van der Waals surface area contributed by atoms with Crippen LogP contribution in [-0.2, 0) is 15.0 Å². The Balaban J connectivity index is 3.99. The fourth-order valence-electron chi connectivity index (χ4n) is 1.30. The lowest BCUT2D eigenvalue weighted by Crippen LogP contribution is -2.27. The van der Waals surface area contributed by atoms with Gasteiger partial charge < -0.3 is 0 Å². The summed E-state index contributed by atoms with van der Waals surface area (Å²) in [6.07, 6.45) is 8.29. The van der Waals surface area contributed by atoms with E-state index in [1.54, 1.807) is 12.2 Å². The quantitative estimate of drug-likeness (QED) is 0.263. The molecule has 0 atom stereocenters. The van der Waals surface area contributed by atoms with Crippen molar-refractivity contribution in [3.63, 3.8) is 0 Å². The van der Waals surface area contributed by atoms with Gasteiger partial charge in [-0.15, -0.1) is 0 Å². The van der Waals surface area contributed by atoms with E-state index in [-0.39, 0.29) is 0 Å². The predicted octanol–water partition coefficient (Wildman–Crippen LogP) is 3.42. The van der Waals surface area contributed by atoms with Gasteiger partial charge in [-0.05, 0) is 22.9 Å². The molecule has 88 valence electrons. The van der Waals surface area contributed by atoms with Gasteiger partial charge in [-0.1, -0.05) is 51.5 Å².